The molecule has 0 spiro atoms. The number of hydrazone groups is 1. The topological polar surface area (TPSA) is 50.7 Å². The summed E-state index contributed by atoms with van der Waals surface area (Å²) in [5, 5.41) is 4.63. The van der Waals surface area contributed by atoms with E-state index in [2.05, 4.69) is 10.5 Å². The van der Waals surface area contributed by atoms with Gasteiger partial charge < -0.3 is 4.74 Å². The monoisotopic (exact) mass is 322 g/mol. The van der Waals surface area contributed by atoms with E-state index in [4.69, 9.17) is 27.9 Å². The number of rotatable bonds is 4. The molecular weight excluding hydrogens is 311 g/mol. The van der Waals surface area contributed by atoms with Crippen molar-refractivity contribution in [3.05, 3.63) is 63.6 Å². The predicted molar refractivity (Wildman–Crippen MR) is 84.5 cm³/mol. The van der Waals surface area contributed by atoms with Gasteiger partial charge in [-0.1, -0.05) is 35.3 Å². The Morgan fingerprint density at radius 2 is 2.00 bits per heavy atom. The summed E-state index contributed by atoms with van der Waals surface area (Å²) in [7, 11) is 1.57. The molecule has 0 aliphatic rings. The van der Waals surface area contributed by atoms with Crippen LogP contribution in [-0.2, 0) is 0 Å². The van der Waals surface area contributed by atoms with Gasteiger partial charge in [0, 0.05) is 10.6 Å². The number of carbonyl (C=O) groups is 1. The third-order valence-corrected chi connectivity index (χ3v) is 3.23. The smallest absolute Gasteiger partial charge is 0.272 e. The molecule has 21 heavy (non-hydrogen) atoms. The summed E-state index contributed by atoms with van der Waals surface area (Å²) >= 11 is 11.7. The second kappa shape index (κ2) is 7.11. The van der Waals surface area contributed by atoms with Crippen molar-refractivity contribution in [2.24, 2.45) is 5.10 Å². The minimum Gasteiger partial charge on any atom is -0.496 e. The lowest BCUT2D eigenvalue weighted by molar-refractivity contribution is 0.0955. The maximum Gasteiger partial charge on any atom is 0.272 e. The molecule has 0 heterocycles. The van der Waals surface area contributed by atoms with Crippen LogP contribution in [0, 0.1) is 0 Å². The normalized spacial score (nSPS) is 10.6. The molecule has 0 aliphatic carbocycles. The first kappa shape index (κ1) is 15.4. The Morgan fingerprint density at radius 1 is 1.24 bits per heavy atom. The number of carbonyl (C=O) groups excluding carboxylic acids is 1. The average Bonchev–Trinajstić information content (AvgIpc) is 2.47. The standard InChI is InChI=1S/C15H12Cl2N2O2/c1-21-14-5-3-2-4-10(14)9-18-19-15(20)12-7-6-11(16)8-13(12)17/h2-9H,1H3,(H,19,20). The van der Waals surface area contributed by atoms with Crippen LogP contribution in [0.2, 0.25) is 10.0 Å². The zero-order chi connectivity index (χ0) is 15.2. The van der Waals surface area contributed by atoms with Gasteiger partial charge in [-0.05, 0) is 30.3 Å². The molecule has 0 fully saturated rings. The van der Waals surface area contributed by atoms with Crippen molar-refractivity contribution < 1.29 is 9.53 Å². The molecular formula is C15H12Cl2N2O2. The zero-order valence-corrected chi connectivity index (χ0v) is 12.7. The van der Waals surface area contributed by atoms with E-state index in [0.717, 1.165) is 5.56 Å². The van der Waals surface area contributed by atoms with Gasteiger partial charge in [0.2, 0.25) is 0 Å². The number of benzene rings is 2. The van der Waals surface area contributed by atoms with Crippen molar-refractivity contribution in [2.75, 3.05) is 7.11 Å². The number of amides is 1. The molecule has 0 aliphatic heterocycles. The van der Waals surface area contributed by atoms with Gasteiger partial charge in [-0.2, -0.15) is 5.10 Å². The Balaban J connectivity index is 2.08. The highest BCUT2D eigenvalue weighted by molar-refractivity contribution is 6.36. The van der Waals surface area contributed by atoms with Crippen LogP contribution in [-0.4, -0.2) is 19.2 Å². The minimum absolute atomic E-state index is 0.271. The van der Waals surface area contributed by atoms with E-state index < -0.39 is 5.91 Å². The number of para-hydroxylation sites is 1. The van der Waals surface area contributed by atoms with Gasteiger partial charge >= 0.3 is 0 Å². The van der Waals surface area contributed by atoms with E-state index in [1.165, 1.54) is 12.3 Å². The van der Waals surface area contributed by atoms with Crippen LogP contribution in [0.1, 0.15) is 15.9 Å². The van der Waals surface area contributed by atoms with Gasteiger partial charge in [-0.3, -0.25) is 4.79 Å². The first-order valence-corrected chi connectivity index (χ1v) is 6.79. The average molecular weight is 323 g/mol. The summed E-state index contributed by atoms with van der Waals surface area (Å²) in [6.45, 7) is 0. The molecule has 0 saturated heterocycles. The Hall–Kier alpha value is -2.04. The number of ether oxygens (including phenoxy) is 1. The number of hydrogen-bond donors (Lipinski definition) is 1. The molecule has 0 atom stereocenters. The number of nitrogens with zero attached hydrogens (tertiary/aromatic N) is 1. The van der Waals surface area contributed by atoms with Crippen molar-refractivity contribution >= 4 is 35.3 Å². The molecule has 6 heteroatoms. The Morgan fingerprint density at radius 3 is 2.71 bits per heavy atom. The van der Waals surface area contributed by atoms with Crippen molar-refractivity contribution in [1.82, 2.24) is 5.43 Å². The van der Waals surface area contributed by atoms with Crippen LogP contribution in [0.4, 0.5) is 0 Å². The zero-order valence-electron chi connectivity index (χ0n) is 11.1. The van der Waals surface area contributed by atoms with E-state index in [-0.39, 0.29) is 5.02 Å². The van der Waals surface area contributed by atoms with Crippen LogP contribution >= 0.6 is 23.2 Å². The third kappa shape index (κ3) is 3.97. The summed E-state index contributed by atoms with van der Waals surface area (Å²) < 4.78 is 5.18. The van der Waals surface area contributed by atoms with E-state index in [1.54, 1.807) is 25.3 Å². The van der Waals surface area contributed by atoms with Crippen LogP contribution in [0.15, 0.2) is 47.6 Å². The van der Waals surface area contributed by atoms with Gasteiger partial charge in [-0.15, -0.1) is 0 Å². The van der Waals surface area contributed by atoms with Gasteiger partial charge in [0.1, 0.15) is 5.75 Å². The molecule has 2 rings (SSSR count). The fourth-order valence-electron chi connectivity index (χ4n) is 1.67. The van der Waals surface area contributed by atoms with Gasteiger partial charge in [0.15, 0.2) is 0 Å². The van der Waals surface area contributed by atoms with Crippen LogP contribution in [0.3, 0.4) is 0 Å². The van der Waals surface area contributed by atoms with Gasteiger partial charge in [0.05, 0.1) is 23.9 Å². The first-order valence-electron chi connectivity index (χ1n) is 6.03. The summed E-state index contributed by atoms with van der Waals surface area (Å²) in [6, 6.07) is 12.0. The second-order valence-electron chi connectivity index (χ2n) is 4.07. The molecule has 4 nitrogen and oxygen atoms in total. The Kier molecular flexibility index (Phi) is 5.20. The number of halogens is 2. The highest BCUT2D eigenvalue weighted by Gasteiger charge is 2.09. The summed E-state index contributed by atoms with van der Waals surface area (Å²) in [4.78, 5) is 11.9. The number of methoxy groups -OCH3 is 1. The molecule has 2 aromatic rings. The van der Waals surface area contributed by atoms with Crippen molar-refractivity contribution in [3.8, 4) is 5.75 Å². The van der Waals surface area contributed by atoms with Crippen LogP contribution < -0.4 is 10.2 Å². The van der Waals surface area contributed by atoms with Crippen LogP contribution in [0.5, 0.6) is 5.75 Å². The number of hydrogen-bond acceptors (Lipinski definition) is 3. The molecule has 0 unspecified atom stereocenters. The summed E-state index contributed by atoms with van der Waals surface area (Å²) in [6.07, 6.45) is 1.50. The van der Waals surface area contributed by atoms with Crippen molar-refractivity contribution in [3.63, 3.8) is 0 Å². The Labute approximate surface area is 132 Å². The van der Waals surface area contributed by atoms with Gasteiger partial charge in [-0.25, -0.2) is 5.43 Å². The van der Waals surface area contributed by atoms with Gasteiger partial charge in [0.25, 0.3) is 5.91 Å². The largest absolute Gasteiger partial charge is 0.496 e. The maximum atomic E-state index is 11.9. The lowest BCUT2D eigenvalue weighted by atomic mass is 10.2. The molecule has 0 aromatic heterocycles. The lowest BCUT2D eigenvalue weighted by Crippen LogP contribution is -2.18. The fourth-order valence-corrected chi connectivity index (χ4v) is 2.16. The van der Waals surface area contributed by atoms with Crippen LogP contribution in [0.25, 0.3) is 0 Å². The van der Waals surface area contributed by atoms with E-state index in [1.807, 2.05) is 18.2 Å². The molecule has 1 amide bonds. The Bertz CT molecular complexity index is 687. The van der Waals surface area contributed by atoms with E-state index >= 15 is 0 Å². The van der Waals surface area contributed by atoms with E-state index in [9.17, 15) is 4.79 Å². The minimum atomic E-state index is -0.414. The second-order valence-corrected chi connectivity index (χ2v) is 4.91. The lowest BCUT2D eigenvalue weighted by Gasteiger charge is -2.04. The third-order valence-electron chi connectivity index (χ3n) is 2.68. The fraction of sp³-hybridized carbons (Fsp3) is 0.0667. The highest BCUT2D eigenvalue weighted by atomic mass is 35.5. The molecule has 2 aromatic carbocycles. The highest BCUT2D eigenvalue weighted by Crippen LogP contribution is 2.20. The molecule has 0 saturated carbocycles. The van der Waals surface area contributed by atoms with Crippen molar-refractivity contribution in [1.29, 1.82) is 0 Å². The maximum absolute atomic E-state index is 11.9. The first-order chi connectivity index (χ1) is 10.1. The summed E-state index contributed by atoms with van der Waals surface area (Å²) in [5.41, 5.74) is 3.46. The molecule has 0 bridgehead atoms. The molecule has 108 valence electrons. The quantitative estimate of drug-likeness (QED) is 0.688. The SMILES string of the molecule is COc1ccccc1C=NNC(=O)c1ccc(Cl)cc1Cl. The molecule has 0 radical (unpaired) electrons. The molecule has 1 N–H and O–H groups in total. The van der Waals surface area contributed by atoms with E-state index in [0.29, 0.717) is 16.3 Å². The number of nitrogens with one attached hydrogen (secondary N) is 1. The summed E-state index contributed by atoms with van der Waals surface area (Å²) in [5.74, 6) is 0.253. The van der Waals surface area contributed by atoms with Crippen molar-refractivity contribution in [2.45, 2.75) is 0 Å². The predicted octanol–water partition coefficient (Wildman–Crippen LogP) is 3.77.